The predicted molar refractivity (Wildman–Crippen MR) is 85.5 cm³/mol. The van der Waals surface area contributed by atoms with E-state index in [1.54, 1.807) is 7.11 Å². The molecule has 1 saturated carbocycles. The van der Waals surface area contributed by atoms with Crippen LogP contribution in [0.5, 0.6) is 5.75 Å². The quantitative estimate of drug-likeness (QED) is 0.830. The summed E-state index contributed by atoms with van der Waals surface area (Å²) in [6.07, 6.45) is 3.23. The number of Topliss-reactive ketones (excluding diaryl/α,β-unsaturated/α-hetero) is 1. The smallest absolute Gasteiger partial charge is 0.142 e. The molecule has 0 N–H and O–H groups in total. The lowest BCUT2D eigenvalue weighted by Gasteiger charge is -2.35. The zero-order valence-corrected chi connectivity index (χ0v) is 13.7. The molecule has 0 bridgehead atoms. The second kappa shape index (κ2) is 6.61. The van der Waals surface area contributed by atoms with Crippen LogP contribution in [0.2, 0.25) is 0 Å². The SMILES string of the molecule is COc1cccc(CN(C)CC2CCCC(C)(C)C2=O)c1. The fourth-order valence-electron chi connectivity index (χ4n) is 3.29. The average Bonchev–Trinajstić information content (AvgIpc) is 2.44. The van der Waals surface area contributed by atoms with Gasteiger partial charge in [-0.1, -0.05) is 32.4 Å². The van der Waals surface area contributed by atoms with Crippen LogP contribution < -0.4 is 4.74 Å². The van der Waals surface area contributed by atoms with E-state index in [9.17, 15) is 4.79 Å². The Morgan fingerprint density at radius 1 is 1.38 bits per heavy atom. The van der Waals surface area contributed by atoms with Gasteiger partial charge in [0.1, 0.15) is 11.5 Å². The van der Waals surface area contributed by atoms with Crippen molar-refractivity contribution in [1.82, 2.24) is 4.90 Å². The van der Waals surface area contributed by atoms with Crippen molar-refractivity contribution in [2.24, 2.45) is 11.3 Å². The van der Waals surface area contributed by atoms with Gasteiger partial charge in [-0.05, 0) is 37.6 Å². The van der Waals surface area contributed by atoms with Crippen LogP contribution in [0.4, 0.5) is 0 Å². The van der Waals surface area contributed by atoms with E-state index in [0.717, 1.165) is 38.1 Å². The van der Waals surface area contributed by atoms with E-state index in [4.69, 9.17) is 4.74 Å². The summed E-state index contributed by atoms with van der Waals surface area (Å²) in [6, 6.07) is 8.13. The Morgan fingerprint density at radius 3 is 2.86 bits per heavy atom. The Kier molecular flexibility index (Phi) is 5.04. The van der Waals surface area contributed by atoms with Gasteiger partial charge in [-0.2, -0.15) is 0 Å². The first kappa shape index (κ1) is 16.0. The third-order valence-corrected chi connectivity index (χ3v) is 4.51. The van der Waals surface area contributed by atoms with Crippen molar-refractivity contribution in [3.05, 3.63) is 29.8 Å². The lowest BCUT2D eigenvalue weighted by molar-refractivity contribution is -0.134. The maximum absolute atomic E-state index is 12.5. The summed E-state index contributed by atoms with van der Waals surface area (Å²) in [7, 11) is 3.78. The van der Waals surface area contributed by atoms with E-state index >= 15 is 0 Å². The zero-order valence-electron chi connectivity index (χ0n) is 13.7. The highest BCUT2D eigenvalue weighted by Crippen LogP contribution is 2.35. The van der Waals surface area contributed by atoms with Crippen molar-refractivity contribution in [3.8, 4) is 5.75 Å². The van der Waals surface area contributed by atoms with Crippen molar-refractivity contribution in [2.45, 2.75) is 39.7 Å². The van der Waals surface area contributed by atoms with Crippen LogP contribution in [0.25, 0.3) is 0 Å². The number of hydrogen-bond donors (Lipinski definition) is 0. The summed E-state index contributed by atoms with van der Waals surface area (Å²) >= 11 is 0. The number of carbonyl (C=O) groups is 1. The lowest BCUT2D eigenvalue weighted by atomic mass is 9.71. The molecule has 1 fully saturated rings. The molecule has 0 amide bonds. The summed E-state index contributed by atoms with van der Waals surface area (Å²) in [5.74, 6) is 1.51. The van der Waals surface area contributed by atoms with Crippen molar-refractivity contribution in [3.63, 3.8) is 0 Å². The van der Waals surface area contributed by atoms with Crippen molar-refractivity contribution in [1.29, 1.82) is 0 Å². The highest BCUT2D eigenvalue weighted by Gasteiger charge is 2.37. The average molecular weight is 289 g/mol. The number of benzene rings is 1. The fraction of sp³-hybridized carbons (Fsp3) is 0.611. The predicted octanol–water partition coefficient (Wildman–Crippen LogP) is 3.52. The molecule has 1 aromatic carbocycles. The van der Waals surface area contributed by atoms with Gasteiger partial charge < -0.3 is 9.64 Å². The molecule has 0 aliphatic heterocycles. The van der Waals surface area contributed by atoms with Crippen LogP contribution in [0.1, 0.15) is 38.7 Å². The summed E-state index contributed by atoms with van der Waals surface area (Å²) < 4.78 is 5.26. The third kappa shape index (κ3) is 4.07. The summed E-state index contributed by atoms with van der Waals surface area (Å²) in [4.78, 5) is 14.7. The highest BCUT2D eigenvalue weighted by atomic mass is 16.5. The Morgan fingerprint density at radius 2 is 2.14 bits per heavy atom. The molecule has 1 aliphatic carbocycles. The van der Waals surface area contributed by atoms with Crippen molar-refractivity contribution < 1.29 is 9.53 Å². The minimum atomic E-state index is -0.139. The number of hydrogen-bond acceptors (Lipinski definition) is 3. The second-order valence-corrected chi connectivity index (χ2v) is 6.89. The van der Waals surface area contributed by atoms with Crippen molar-refractivity contribution >= 4 is 5.78 Å². The standard InChI is InChI=1S/C18H27NO2/c1-18(2)10-6-8-15(17(18)20)13-19(3)12-14-7-5-9-16(11-14)21-4/h5,7,9,11,15H,6,8,10,12-13H2,1-4H3. The van der Waals surface area contributed by atoms with E-state index in [2.05, 4.69) is 37.9 Å². The zero-order chi connectivity index (χ0) is 15.5. The van der Waals surface area contributed by atoms with Crippen LogP contribution in [0, 0.1) is 11.3 Å². The summed E-state index contributed by atoms with van der Waals surface area (Å²) in [5.41, 5.74) is 1.08. The first-order chi connectivity index (χ1) is 9.92. The Labute approximate surface area is 128 Å². The van der Waals surface area contributed by atoms with Crippen LogP contribution in [-0.4, -0.2) is 31.4 Å². The molecule has 3 heteroatoms. The Bertz CT molecular complexity index is 496. The fourth-order valence-corrected chi connectivity index (χ4v) is 3.29. The number of nitrogens with zero attached hydrogens (tertiary/aromatic N) is 1. The van der Waals surface area contributed by atoms with Gasteiger partial charge in [0.2, 0.25) is 0 Å². The van der Waals surface area contributed by atoms with Crippen molar-refractivity contribution in [2.75, 3.05) is 20.7 Å². The number of methoxy groups -OCH3 is 1. The number of ketones is 1. The van der Waals surface area contributed by atoms with Crippen LogP contribution in [0.15, 0.2) is 24.3 Å². The van der Waals surface area contributed by atoms with Gasteiger partial charge >= 0.3 is 0 Å². The highest BCUT2D eigenvalue weighted by molar-refractivity contribution is 5.87. The topological polar surface area (TPSA) is 29.5 Å². The van der Waals surface area contributed by atoms with Gasteiger partial charge in [0.15, 0.2) is 0 Å². The molecule has 0 aromatic heterocycles. The number of ether oxygens (including phenoxy) is 1. The van der Waals surface area contributed by atoms with Gasteiger partial charge in [-0.3, -0.25) is 4.79 Å². The molecule has 116 valence electrons. The first-order valence-electron chi connectivity index (χ1n) is 7.78. The molecule has 1 unspecified atom stereocenters. The molecule has 2 rings (SSSR count). The molecule has 1 atom stereocenters. The Balaban J connectivity index is 1.95. The van der Waals surface area contributed by atoms with Crippen LogP contribution in [0.3, 0.4) is 0 Å². The molecule has 0 heterocycles. The molecule has 0 spiro atoms. The molecule has 0 radical (unpaired) electrons. The minimum absolute atomic E-state index is 0.139. The molecule has 1 aromatic rings. The van der Waals surface area contributed by atoms with E-state index < -0.39 is 0 Å². The lowest BCUT2D eigenvalue weighted by Crippen LogP contribution is -2.40. The molecular weight excluding hydrogens is 262 g/mol. The first-order valence-corrected chi connectivity index (χ1v) is 7.78. The number of carbonyl (C=O) groups excluding carboxylic acids is 1. The van der Waals surface area contributed by atoms with Gasteiger partial charge in [0.05, 0.1) is 7.11 Å². The van der Waals surface area contributed by atoms with Crippen LogP contribution >= 0.6 is 0 Å². The van der Waals surface area contributed by atoms with Gasteiger partial charge in [0, 0.05) is 24.4 Å². The van der Waals surface area contributed by atoms with Gasteiger partial charge in [-0.25, -0.2) is 0 Å². The maximum Gasteiger partial charge on any atom is 0.142 e. The van der Waals surface area contributed by atoms with Crippen LogP contribution in [-0.2, 0) is 11.3 Å². The van der Waals surface area contributed by atoms with E-state index in [-0.39, 0.29) is 11.3 Å². The molecular formula is C18H27NO2. The molecule has 0 saturated heterocycles. The summed E-state index contributed by atoms with van der Waals surface area (Å²) in [5, 5.41) is 0. The third-order valence-electron chi connectivity index (χ3n) is 4.51. The van der Waals surface area contributed by atoms with E-state index in [1.807, 2.05) is 12.1 Å². The van der Waals surface area contributed by atoms with Gasteiger partial charge in [0.25, 0.3) is 0 Å². The molecule has 1 aliphatic rings. The normalized spacial score (nSPS) is 21.6. The number of rotatable bonds is 5. The van der Waals surface area contributed by atoms with Gasteiger partial charge in [-0.15, -0.1) is 0 Å². The second-order valence-electron chi connectivity index (χ2n) is 6.89. The van der Waals surface area contributed by atoms with E-state index in [1.165, 1.54) is 5.56 Å². The Hall–Kier alpha value is -1.35. The monoisotopic (exact) mass is 289 g/mol. The largest absolute Gasteiger partial charge is 0.497 e. The van der Waals surface area contributed by atoms with E-state index in [0.29, 0.717) is 5.78 Å². The molecule has 21 heavy (non-hydrogen) atoms. The molecule has 3 nitrogen and oxygen atoms in total. The maximum atomic E-state index is 12.5. The minimum Gasteiger partial charge on any atom is -0.497 e. The summed E-state index contributed by atoms with van der Waals surface area (Å²) in [6.45, 7) is 5.87.